The highest BCUT2D eigenvalue weighted by Crippen LogP contribution is 2.19. The van der Waals surface area contributed by atoms with Crippen molar-refractivity contribution in [3.63, 3.8) is 0 Å². The molecular weight excluding hydrogens is 168 g/mol. The summed E-state index contributed by atoms with van der Waals surface area (Å²) in [4.78, 5) is 0. The monoisotopic (exact) mass is 180 g/mol. The topological polar surface area (TPSA) is 87.7 Å². The third kappa shape index (κ3) is 2.12. The fourth-order valence-electron chi connectivity index (χ4n) is 0.864. The zero-order valence-electron chi connectivity index (χ0n) is 7.50. The number of rotatable bonds is 4. The van der Waals surface area contributed by atoms with E-state index in [2.05, 4.69) is 17.1 Å². The SMILES string of the molecule is CCCCOc1n[nH]c(N)c1C#N. The number of aromatic nitrogens is 2. The van der Waals surface area contributed by atoms with E-state index < -0.39 is 0 Å². The van der Waals surface area contributed by atoms with E-state index in [1.807, 2.05) is 6.07 Å². The second kappa shape index (κ2) is 4.36. The molecule has 5 nitrogen and oxygen atoms in total. The normalized spacial score (nSPS) is 9.54. The maximum Gasteiger partial charge on any atom is 0.252 e. The van der Waals surface area contributed by atoms with Gasteiger partial charge in [-0.25, -0.2) is 0 Å². The van der Waals surface area contributed by atoms with Crippen LogP contribution in [0.25, 0.3) is 0 Å². The minimum atomic E-state index is 0.258. The molecule has 5 heteroatoms. The van der Waals surface area contributed by atoms with Gasteiger partial charge in [0.05, 0.1) is 6.61 Å². The van der Waals surface area contributed by atoms with E-state index >= 15 is 0 Å². The number of nitrogen functional groups attached to an aromatic ring is 1. The van der Waals surface area contributed by atoms with Gasteiger partial charge in [0.1, 0.15) is 11.9 Å². The van der Waals surface area contributed by atoms with Crippen molar-refractivity contribution in [1.29, 1.82) is 5.26 Å². The maximum atomic E-state index is 8.67. The van der Waals surface area contributed by atoms with Gasteiger partial charge in [0, 0.05) is 0 Å². The minimum absolute atomic E-state index is 0.258. The van der Waals surface area contributed by atoms with Crippen LogP contribution < -0.4 is 10.5 Å². The molecule has 0 fully saturated rings. The molecule has 0 aromatic carbocycles. The molecule has 0 atom stereocenters. The van der Waals surface area contributed by atoms with Gasteiger partial charge in [-0.15, -0.1) is 5.10 Å². The zero-order valence-corrected chi connectivity index (χ0v) is 7.50. The van der Waals surface area contributed by atoms with Crippen molar-refractivity contribution < 1.29 is 4.74 Å². The number of H-pyrrole nitrogens is 1. The first-order valence-electron chi connectivity index (χ1n) is 4.16. The lowest BCUT2D eigenvalue weighted by Gasteiger charge is -2.00. The number of unbranched alkanes of at least 4 members (excludes halogenated alkanes) is 1. The van der Waals surface area contributed by atoms with Gasteiger partial charge in [-0.2, -0.15) is 5.26 Å². The number of ether oxygens (including phenoxy) is 1. The van der Waals surface area contributed by atoms with Crippen LogP contribution in [0, 0.1) is 11.3 Å². The average Bonchev–Trinajstić information content (AvgIpc) is 2.47. The van der Waals surface area contributed by atoms with E-state index in [9.17, 15) is 0 Å². The highest BCUT2D eigenvalue weighted by atomic mass is 16.5. The summed E-state index contributed by atoms with van der Waals surface area (Å²) in [6.07, 6.45) is 1.99. The number of nitrogens with one attached hydrogen (secondary N) is 1. The van der Waals surface area contributed by atoms with E-state index in [1.54, 1.807) is 0 Å². The molecule has 1 rings (SSSR count). The van der Waals surface area contributed by atoms with E-state index in [0.717, 1.165) is 12.8 Å². The predicted octanol–water partition coefficient (Wildman–Crippen LogP) is 1.04. The standard InChI is InChI=1S/C8H12N4O/c1-2-3-4-13-8-6(5-9)7(10)11-12-8/h2-4H2,1H3,(H3,10,11,12). The number of anilines is 1. The maximum absolute atomic E-state index is 8.67. The fourth-order valence-corrected chi connectivity index (χ4v) is 0.864. The lowest BCUT2D eigenvalue weighted by atomic mass is 10.3. The van der Waals surface area contributed by atoms with Gasteiger partial charge in [0.25, 0.3) is 5.88 Å². The van der Waals surface area contributed by atoms with Crippen LogP contribution in [0.3, 0.4) is 0 Å². The largest absolute Gasteiger partial charge is 0.476 e. The Kier molecular flexibility index (Phi) is 3.15. The Morgan fingerprint density at radius 1 is 1.69 bits per heavy atom. The van der Waals surface area contributed by atoms with Crippen LogP contribution in [0.4, 0.5) is 5.82 Å². The Bertz CT molecular complexity index is 312. The van der Waals surface area contributed by atoms with E-state index in [4.69, 9.17) is 15.7 Å². The second-order valence-electron chi connectivity index (χ2n) is 2.63. The van der Waals surface area contributed by atoms with Gasteiger partial charge in [0.15, 0.2) is 5.56 Å². The number of hydrogen-bond acceptors (Lipinski definition) is 4. The predicted molar refractivity (Wildman–Crippen MR) is 48.1 cm³/mol. The second-order valence-corrected chi connectivity index (χ2v) is 2.63. The summed E-state index contributed by atoms with van der Waals surface area (Å²) in [7, 11) is 0. The molecule has 1 aromatic rings. The molecule has 70 valence electrons. The lowest BCUT2D eigenvalue weighted by molar-refractivity contribution is 0.296. The quantitative estimate of drug-likeness (QED) is 0.677. The molecular formula is C8H12N4O. The van der Waals surface area contributed by atoms with Crippen LogP contribution >= 0.6 is 0 Å². The van der Waals surface area contributed by atoms with Gasteiger partial charge in [0.2, 0.25) is 0 Å². The van der Waals surface area contributed by atoms with Crippen molar-refractivity contribution in [2.45, 2.75) is 19.8 Å². The molecule has 0 bridgehead atoms. The summed E-state index contributed by atoms with van der Waals surface area (Å²) in [6, 6.07) is 1.93. The number of nitriles is 1. The van der Waals surface area contributed by atoms with Crippen molar-refractivity contribution in [2.75, 3.05) is 12.3 Å². The van der Waals surface area contributed by atoms with Crippen molar-refractivity contribution in [1.82, 2.24) is 10.2 Å². The summed E-state index contributed by atoms with van der Waals surface area (Å²) >= 11 is 0. The van der Waals surface area contributed by atoms with Gasteiger partial charge in [-0.1, -0.05) is 13.3 Å². The molecule has 0 aliphatic heterocycles. The fraction of sp³-hybridized carbons (Fsp3) is 0.500. The Balaban J connectivity index is 2.62. The molecule has 0 radical (unpaired) electrons. The van der Waals surface area contributed by atoms with Crippen LogP contribution in [0.15, 0.2) is 0 Å². The van der Waals surface area contributed by atoms with Crippen LogP contribution in [0.1, 0.15) is 25.3 Å². The minimum Gasteiger partial charge on any atom is -0.476 e. The third-order valence-electron chi connectivity index (χ3n) is 1.61. The highest BCUT2D eigenvalue weighted by molar-refractivity contribution is 5.53. The number of hydrogen-bond donors (Lipinski definition) is 2. The van der Waals surface area contributed by atoms with Crippen LogP contribution in [0.2, 0.25) is 0 Å². The number of nitrogens with zero attached hydrogens (tertiary/aromatic N) is 2. The Labute approximate surface area is 76.5 Å². The smallest absolute Gasteiger partial charge is 0.252 e. The van der Waals surface area contributed by atoms with E-state index in [1.165, 1.54) is 0 Å². The van der Waals surface area contributed by atoms with Crippen molar-refractivity contribution in [3.05, 3.63) is 5.56 Å². The number of aromatic amines is 1. The first-order valence-corrected chi connectivity index (χ1v) is 4.16. The molecule has 0 spiro atoms. The highest BCUT2D eigenvalue weighted by Gasteiger charge is 2.10. The molecule has 0 saturated heterocycles. The van der Waals surface area contributed by atoms with Crippen LogP contribution in [0.5, 0.6) is 5.88 Å². The molecule has 1 heterocycles. The van der Waals surface area contributed by atoms with Gasteiger partial charge in [-0.05, 0) is 6.42 Å². The first kappa shape index (κ1) is 9.39. The molecule has 0 unspecified atom stereocenters. The lowest BCUT2D eigenvalue weighted by Crippen LogP contribution is -1.98. The summed E-state index contributed by atoms with van der Waals surface area (Å²) in [5, 5.41) is 14.9. The van der Waals surface area contributed by atoms with Crippen LogP contribution in [-0.4, -0.2) is 16.8 Å². The molecule has 3 N–H and O–H groups in total. The average molecular weight is 180 g/mol. The van der Waals surface area contributed by atoms with Crippen molar-refractivity contribution in [2.24, 2.45) is 0 Å². The van der Waals surface area contributed by atoms with E-state index in [0.29, 0.717) is 12.5 Å². The van der Waals surface area contributed by atoms with Gasteiger partial charge < -0.3 is 10.5 Å². The van der Waals surface area contributed by atoms with Crippen molar-refractivity contribution in [3.8, 4) is 11.9 Å². The molecule has 0 aliphatic carbocycles. The molecule has 0 saturated carbocycles. The van der Waals surface area contributed by atoms with Gasteiger partial charge >= 0.3 is 0 Å². The Hall–Kier alpha value is -1.70. The van der Waals surface area contributed by atoms with Gasteiger partial charge in [-0.3, -0.25) is 5.10 Å². The summed E-state index contributed by atoms with van der Waals surface area (Å²) in [6.45, 7) is 2.63. The molecule has 13 heavy (non-hydrogen) atoms. The number of nitrogens with two attached hydrogens (primary N) is 1. The van der Waals surface area contributed by atoms with Crippen molar-refractivity contribution >= 4 is 5.82 Å². The van der Waals surface area contributed by atoms with E-state index in [-0.39, 0.29) is 11.4 Å². The third-order valence-corrected chi connectivity index (χ3v) is 1.61. The molecule has 0 aliphatic rings. The van der Waals surface area contributed by atoms with Crippen LogP contribution in [-0.2, 0) is 0 Å². The summed E-state index contributed by atoms with van der Waals surface area (Å²) in [5.74, 6) is 0.558. The summed E-state index contributed by atoms with van der Waals surface area (Å²) in [5.41, 5.74) is 5.72. The molecule has 1 aromatic heterocycles. The Morgan fingerprint density at radius 3 is 3.08 bits per heavy atom. The zero-order chi connectivity index (χ0) is 9.68. The Morgan fingerprint density at radius 2 is 2.46 bits per heavy atom. The summed E-state index contributed by atoms with van der Waals surface area (Å²) < 4.78 is 5.24. The molecule has 0 amide bonds. The first-order chi connectivity index (χ1) is 6.29.